The first kappa shape index (κ1) is 14.3. The quantitative estimate of drug-likeness (QED) is 0.867. The standard InChI is InChI=1S/C10H15F3N4O/c1-3-6-7(14)8(16-15-6)9(18)17(2)5-4-10(11,12)13/h3-5,14H2,1-2H3,(H,15,16). The molecule has 0 aliphatic heterocycles. The Hall–Kier alpha value is -1.73. The van der Waals surface area contributed by atoms with Gasteiger partial charge in [0.15, 0.2) is 5.69 Å². The molecule has 0 fully saturated rings. The minimum atomic E-state index is -4.29. The van der Waals surface area contributed by atoms with E-state index in [-0.39, 0.29) is 11.4 Å². The molecule has 1 amide bonds. The summed E-state index contributed by atoms with van der Waals surface area (Å²) in [6.07, 6.45) is -4.78. The van der Waals surface area contributed by atoms with Crippen LogP contribution in [0.1, 0.15) is 29.5 Å². The molecule has 18 heavy (non-hydrogen) atoms. The number of anilines is 1. The van der Waals surface area contributed by atoms with Crippen LogP contribution in [0, 0.1) is 0 Å². The number of rotatable bonds is 4. The number of amides is 1. The number of aryl methyl sites for hydroxylation is 1. The summed E-state index contributed by atoms with van der Waals surface area (Å²) in [7, 11) is 1.29. The third kappa shape index (κ3) is 3.38. The number of H-pyrrole nitrogens is 1. The Balaban J connectivity index is 2.71. The van der Waals surface area contributed by atoms with Gasteiger partial charge in [-0.05, 0) is 6.42 Å². The van der Waals surface area contributed by atoms with Gasteiger partial charge in [0.1, 0.15) is 0 Å². The minimum Gasteiger partial charge on any atom is -0.395 e. The fourth-order valence-corrected chi connectivity index (χ4v) is 1.40. The molecule has 0 saturated carbocycles. The van der Waals surface area contributed by atoms with Crippen LogP contribution in [-0.2, 0) is 6.42 Å². The lowest BCUT2D eigenvalue weighted by Crippen LogP contribution is -2.31. The van der Waals surface area contributed by atoms with Crippen LogP contribution < -0.4 is 5.73 Å². The maximum atomic E-state index is 12.0. The molecule has 0 atom stereocenters. The molecule has 0 saturated heterocycles. The maximum Gasteiger partial charge on any atom is 0.390 e. The molecule has 5 nitrogen and oxygen atoms in total. The van der Waals surface area contributed by atoms with Gasteiger partial charge >= 0.3 is 6.18 Å². The molecule has 1 aromatic heterocycles. The van der Waals surface area contributed by atoms with Gasteiger partial charge in [0.25, 0.3) is 5.91 Å². The summed E-state index contributed by atoms with van der Waals surface area (Å²) in [5, 5.41) is 6.32. The van der Waals surface area contributed by atoms with Crippen molar-refractivity contribution < 1.29 is 18.0 Å². The summed E-state index contributed by atoms with van der Waals surface area (Å²) in [4.78, 5) is 12.8. The summed E-state index contributed by atoms with van der Waals surface area (Å²) in [6.45, 7) is 1.40. The molecular weight excluding hydrogens is 249 g/mol. The average molecular weight is 264 g/mol. The Labute approximate surface area is 102 Å². The molecule has 0 radical (unpaired) electrons. The number of nitrogens with two attached hydrogens (primary N) is 1. The summed E-state index contributed by atoms with van der Waals surface area (Å²) in [6, 6.07) is 0. The van der Waals surface area contributed by atoms with Gasteiger partial charge in [-0.3, -0.25) is 9.89 Å². The Kier molecular flexibility index (Phi) is 4.20. The van der Waals surface area contributed by atoms with E-state index in [0.29, 0.717) is 12.1 Å². The third-order valence-electron chi connectivity index (χ3n) is 2.52. The number of nitrogen functional groups attached to an aromatic ring is 1. The molecule has 0 bridgehead atoms. The van der Waals surface area contributed by atoms with E-state index in [0.717, 1.165) is 4.90 Å². The second-order valence-electron chi connectivity index (χ2n) is 3.91. The maximum absolute atomic E-state index is 12.0. The zero-order valence-electron chi connectivity index (χ0n) is 10.1. The summed E-state index contributed by atoms with van der Waals surface area (Å²) < 4.78 is 36.1. The number of alkyl halides is 3. The SMILES string of the molecule is CCc1[nH]nc(C(=O)N(C)CCC(F)(F)F)c1N. The van der Waals surface area contributed by atoms with Crippen molar-refractivity contribution in [2.24, 2.45) is 0 Å². The lowest BCUT2D eigenvalue weighted by Gasteiger charge is -2.17. The molecule has 102 valence electrons. The van der Waals surface area contributed by atoms with E-state index in [9.17, 15) is 18.0 Å². The van der Waals surface area contributed by atoms with Gasteiger partial charge in [-0.25, -0.2) is 0 Å². The number of nitrogens with one attached hydrogen (secondary N) is 1. The highest BCUT2D eigenvalue weighted by atomic mass is 19.4. The van der Waals surface area contributed by atoms with Crippen LogP contribution in [0.4, 0.5) is 18.9 Å². The second kappa shape index (κ2) is 5.28. The molecule has 0 unspecified atom stereocenters. The smallest absolute Gasteiger partial charge is 0.390 e. The molecule has 0 aliphatic rings. The fraction of sp³-hybridized carbons (Fsp3) is 0.600. The highest BCUT2D eigenvalue weighted by Crippen LogP contribution is 2.21. The zero-order valence-corrected chi connectivity index (χ0v) is 10.1. The van der Waals surface area contributed by atoms with Crippen molar-refractivity contribution in [2.45, 2.75) is 25.9 Å². The van der Waals surface area contributed by atoms with E-state index in [1.807, 2.05) is 6.92 Å². The van der Waals surface area contributed by atoms with Crippen molar-refractivity contribution in [1.82, 2.24) is 15.1 Å². The first-order valence-corrected chi connectivity index (χ1v) is 5.41. The third-order valence-corrected chi connectivity index (χ3v) is 2.52. The average Bonchev–Trinajstić information content (AvgIpc) is 2.65. The molecule has 8 heteroatoms. The van der Waals surface area contributed by atoms with E-state index in [1.165, 1.54) is 7.05 Å². The van der Waals surface area contributed by atoms with Crippen LogP contribution in [0.25, 0.3) is 0 Å². The van der Waals surface area contributed by atoms with E-state index >= 15 is 0 Å². The van der Waals surface area contributed by atoms with Crippen molar-refractivity contribution in [1.29, 1.82) is 0 Å². The topological polar surface area (TPSA) is 75.0 Å². The number of aromatic amines is 1. The summed E-state index contributed by atoms with van der Waals surface area (Å²) in [5.41, 5.74) is 6.44. The Morgan fingerprint density at radius 2 is 2.11 bits per heavy atom. The Morgan fingerprint density at radius 3 is 2.56 bits per heavy atom. The molecular formula is C10H15F3N4O. The van der Waals surface area contributed by atoms with Gasteiger partial charge < -0.3 is 10.6 Å². The van der Waals surface area contributed by atoms with Crippen LogP contribution in [0.5, 0.6) is 0 Å². The number of carbonyl (C=O) groups excluding carboxylic acids is 1. The van der Waals surface area contributed by atoms with Gasteiger partial charge in [-0.2, -0.15) is 18.3 Å². The van der Waals surface area contributed by atoms with Crippen molar-refractivity contribution in [2.75, 3.05) is 19.3 Å². The van der Waals surface area contributed by atoms with Gasteiger partial charge in [-0.15, -0.1) is 0 Å². The van der Waals surface area contributed by atoms with Crippen molar-refractivity contribution in [3.63, 3.8) is 0 Å². The van der Waals surface area contributed by atoms with E-state index in [1.54, 1.807) is 0 Å². The molecule has 1 aromatic rings. The fourth-order valence-electron chi connectivity index (χ4n) is 1.40. The van der Waals surface area contributed by atoms with Crippen molar-refractivity contribution in [3.05, 3.63) is 11.4 Å². The first-order chi connectivity index (χ1) is 8.26. The van der Waals surface area contributed by atoms with Crippen LogP contribution in [0.3, 0.4) is 0 Å². The van der Waals surface area contributed by atoms with Gasteiger partial charge in [0.2, 0.25) is 0 Å². The first-order valence-electron chi connectivity index (χ1n) is 5.41. The summed E-state index contributed by atoms with van der Waals surface area (Å²) >= 11 is 0. The number of hydrogen-bond acceptors (Lipinski definition) is 3. The van der Waals surface area contributed by atoms with Crippen molar-refractivity contribution in [3.8, 4) is 0 Å². The second-order valence-corrected chi connectivity index (χ2v) is 3.91. The lowest BCUT2D eigenvalue weighted by atomic mass is 10.2. The minimum absolute atomic E-state index is 0.0310. The highest BCUT2D eigenvalue weighted by molar-refractivity contribution is 5.97. The molecule has 1 heterocycles. The Morgan fingerprint density at radius 1 is 1.50 bits per heavy atom. The van der Waals surface area contributed by atoms with Crippen LogP contribution in [-0.4, -0.2) is 40.8 Å². The van der Waals surface area contributed by atoms with Gasteiger partial charge in [0.05, 0.1) is 17.8 Å². The van der Waals surface area contributed by atoms with Gasteiger partial charge in [0, 0.05) is 13.6 Å². The number of halogens is 3. The van der Waals surface area contributed by atoms with E-state index in [4.69, 9.17) is 5.73 Å². The number of hydrogen-bond donors (Lipinski definition) is 2. The number of nitrogens with zero attached hydrogens (tertiary/aromatic N) is 2. The predicted octanol–water partition coefficient (Wildman–Crippen LogP) is 1.58. The van der Waals surface area contributed by atoms with Crippen molar-refractivity contribution >= 4 is 11.6 Å². The largest absolute Gasteiger partial charge is 0.395 e. The van der Waals surface area contributed by atoms with Gasteiger partial charge in [-0.1, -0.05) is 6.92 Å². The number of aromatic nitrogens is 2. The monoisotopic (exact) mass is 264 g/mol. The predicted molar refractivity (Wildman–Crippen MR) is 60.0 cm³/mol. The summed E-state index contributed by atoms with van der Waals surface area (Å²) in [5.74, 6) is -0.618. The normalized spacial score (nSPS) is 11.6. The molecule has 3 N–H and O–H groups in total. The lowest BCUT2D eigenvalue weighted by molar-refractivity contribution is -0.136. The molecule has 0 aromatic carbocycles. The molecule has 0 spiro atoms. The zero-order chi connectivity index (χ0) is 13.9. The van der Waals surface area contributed by atoms with Crippen LogP contribution in [0.15, 0.2) is 0 Å². The number of carbonyl (C=O) groups is 1. The van der Waals surface area contributed by atoms with E-state index in [2.05, 4.69) is 10.2 Å². The highest BCUT2D eigenvalue weighted by Gasteiger charge is 2.29. The molecule has 1 rings (SSSR count). The van der Waals surface area contributed by atoms with E-state index < -0.39 is 25.0 Å². The van der Waals surface area contributed by atoms with Crippen LogP contribution >= 0.6 is 0 Å². The Bertz CT molecular complexity index is 427. The molecule has 0 aliphatic carbocycles. The van der Waals surface area contributed by atoms with Crippen LogP contribution in [0.2, 0.25) is 0 Å².